The van der Waals surface area contributed by atoms with Crippen LogP contribution in [0.1, 0.15) is 5.56 Å². The lowest BCUT2D eigenvalue weighted by molar-refractivity contribution is -0.121. The summed E-state index contributed by atoms with van der Waals surface area (Å²) in [4.78, 5) is 25.2. The van der Waals surface area contributed by atoms with Gasteiger partial charge in [-0.05, 0) is 42.0 Å². The zero-order valence-corrected chi connectivity index (χ0v) is 14.6. The van der Waals surface area contributed by atoms with E-state index in [4.69, 9.17) is 11.6 Å². The van der Waals surface area contributed by atoms with Crippen LogP contribution in [0.5, 0.6) is 0 Å². The number of amides is 1. The topological polar surface area (TPSA) is 55.5 Å². The summed E-state index contributed by atoms with van der Waals surface area (Å²) >= 11 is 5.87. The highest BCUT2D eigenvalue weighted by Gasteiger charge is 2.12. The summed E-state index contributed by atoms with van der Waals surface area (Å²) in [6.07, 6.45) is 1.85. The highest BCUT2D eigenvalue weighted by molar-refractivity contribution is 6.30. The van der Waals surface area contributed by atoms with Crippen molar-refractivity contribution >= 4 is 34.1 Å². The van der Waals surface area contributed by atoms with E-state index in [-0.39, 0.29) is 18.0 Å². The summed E-state index contributed by atoms with van der Waals surface area (Å²) in [5.41, 5.74) is 2.92. The number of nitrogens with one attached hydrogen (secondary N) is 1. The number of carbonyl (C=O) groups is 1. The molecule has 4 aromatic rings. The normalized spacial score (nSPS) is 11.1. The van der Waals surface area contributed by atoms with Gasteiger partial charge in [-0.2, -0.15) is 0 Å². The van der Waals surface area contributed by atoms with Gasteiger partial charge in [0.1, 0.15) is 12.1 Å². The molecule has 0 aliphatic carbocycles. The molecule has 0 unspecified atom stereocenters. The van der Waals surface area contributed by atoms with E-state index in [1.54, 1.807) is 18.2 Å². The number of nitrogens with zero attached hydrogens (tertiary/aromatic N) is 2. The van der Waals surface area contributed by atoms with E-state index in [1.807, 2.05) is 53.1 Å². The van der Waals surface area contributed by atoms with Gasteiger partial charge in [0.05, 0.1) is 11.0 Å². The molecule has 0 spiro atoms. The van der Waals surface area contributed by atoms with Crippen molar-refractivity contribution in [1.29, 1.82) is 0 Å². The van der Waals surface area contributed by atoms with E-state index in [0.717, 1.165) is 16.6 Å². The number of fused-ring (bicyclic) bond motifs is 3. The average molecular weight is 366 g/mol. The first kappa shape index (κ1) is 16.4. The lowest BCUT2D eigenvalue weighted by Gasteiger charge is -2.12. The second kappa shape index (κ2) is 6.69. The molecule has 0 aliphatic rings. The van der Waals surface area contributed by atoms with Gasteiger partial charge in [-0.3, -0.25) is 14.2 Å². The molecule has 0 aliphatic heterocycles. The maximum absolute atomic E-state index is 12.8. The van der Waals surface area contributed by atoms with Crippen LogP contribution >= 0.6 is 11.6 Å². The van der Waals surface area contributed by atoms with Crippen molar-refractivity contribution in [3.63, 3.8) is 0 Å². The van der Waals surface area contributed by atoms with Crippen LogP contribution in [0.3, 0.4) is 0 Å². The van der Waals surface area contributed by atoms with Crippen LogP contribution in [0.4, 0.5) is 0 Å². The lowest BCUT2D eigenvalue weighted by Crippen LogP contribution is -2.32. The van der Waals surface area contributed by atoms with Crippen molar-refractivity contribution in [2.75, 3.05) is 0 Å². The molecule has 5 nitrogen and oxygen atoms in total. The molecule has 2 aromatic heterocycles. The molecule has 0 bridgehead atoms. The predicted molar refractivity (Wildman–Crippen MR) is 102 cm³/mol. The lowest BCUT2D eigenvalue weighted by atomic mass is 10.2. The number of hydrogen-bond acceptors (Lipinski definition) is 2. The first-order valence-electron chi connectivity index (χ1n) is 8.23. The van der Waals surface area contributed by atoms with E-state index < -0.39 is 0 Å². The van der Waals surface area contributed by atoms with Crippen molar-refractivity contribution in [1.82, 2.24) is 14.3 Å². The monoisotopic (exact) mass is 365 g/mol. The minimum atomic E-state index is -0.219. The minimum absolute atomic E-state index is 0.0331. The molecular formula is C20H16ClN3O2. The van der Waals surface area contributed by atoms with Crippen LogP contribution in [0, 0.1) is 0 Å². The van der Waals surface area contributed by atoms with Crippen LogP contribution < -0.4 is 10.9 Å². The van der Waals surface area contributed by atoms with Crippen LogP contribution in [0.15, 0.2) is 71.7 Å². The first-order chi connectivity index (χ1) is 12.6. The Hall–Kier alpha value is -3.05. The van der Waals surface area contributed by atoms with E-state index >= 15 is 0 Å². The van der Waals surface area contributed by atoms with Gasteiger partial charge in [0.15, 0.2) is 0 Å². The highest BCUT2D eigenvalue weighted by Crippen LogP contribution is 2.15. The van der Waals surface area contributed by atoms with Crippen molar-refractivity contribution in [3.8, 4) is 0 Å². The third-order valence-electron chi connectivity index (χ3n) is 4.35. The Kier molecular flexibility index (Phi) is 4.22. The van der Waals surface area contributed by atoms with Crippen molar-refractivity contribution in [2.45, 2.75) is 13.1 Å². The number of rotatable bonds is 4. The maximum Gasteiger partial charge on any atom is 0.275 e. The number of hydrogen-bond donors (Lipinski definition) is 1. The second-order valence-corrected chi connectivity index (χ2v) is 6.48. The van der Waals surface area contributed by atoms with E-state index in [0.29, 0.717) is 17.1 Å². The summed E-state index contributed by atoms with van der Waals surface area (Å²) in [5.74, 6) is -0.219. The molecular weight excluding hydrogens is 350 g/mol. The minimum Gasteiger partial charge on any atom is -0.350 e. The van der Waals surface area contributed by atoms with Crippen molar-refractivity contribution in [2.24, 2.45) is 0 Å². The third kappa shape index (κ3) is 2.97. The van der Waals surface area contributed by atoms with Gasteiger partial charge in [-0.25, -0.2) is 0 Å². The quantitative estimate of drug-likeness (QED) is 0.603. The molecule has 2 heterocycles. The fourth-order valence-corrected chi connectivity index (χ4v) is 3.19. The summed E-state index contributed by atoms with van der Waals surface area (Å²) in [5, 5.41) is 3.50. The molecule has 130 valence electrons. The second-order valence-electron chi connectivity index (χ2n) is 6.05. The molecule has 0 saturated heterocycles. The van der Waals surface area contributed by atoms with Gasteiger partial charge < -0.3 is 9.72 Å². The predicted octanol–water partition coefficient (Wildman–Crippen LogP) is 3.22. The van der Waals surface area contributed by atoms with Gasteiger partial charge >= 0.3 is 0 Å². The molecule has 1 amide bonds. The Bertz CT molecular complexity index is 1160. The Morgan fingerprint density at radius 1 is 0.923 bits per heavy atom. The van der Waals surface area contributed by atoms with Gasteiger partial charge in [-0.15, -0.1) is 0 Å². The van der Waals surface area contributed by atoms with Gasteiger partial charge in [0.25, 0.3) is 5.56 Å². The average Bonchev–Trinajstić information content (AvgIpc) is 3.15. The molecule has 1 N–H and O–H groups in total. The number of carbonyl (C=O) groups excluding carboxylic acids is 1. The van der Waals surface area contributed by atoms with Gasteiger partial charge in [0, 0.05) is 17.8 Å². The largest absolute Gasteiger partial charge is 0.350 e. The summed E-state index contributed by atoms with van der Waals surface area (Å²) in [7, 11) is 0. The first-order valence-corrected chi connectivity index (χ1v) is 8.61. The van der Waals surface area contributed by atoms with E-state index in [2.05, 4.69) is 5.32 Å². The van der Waals surface area contributed by atoms with E-state index in [9.17, 15) is 9.59 Å². The smallest absolute Gasteiger partial charge is 0.275 e. The maximum atomic E-state index is 12.8. The Balaban J connectivity index is 1.63. The molecule has 0 atom stereocenters. The van der Waals surface area contributed by atoms with E-state index in [1.165, 1.54) is 4.57 Å². The number of benzene rings is 2. The Morgan fingerprint density at radius 3 is 2.38 bits per heavy atom. The van der Waals surface area contributed by atoms with Crippen LogP contribution in [0.25, 0.3) is 16.6 Å². The Morgan fingerprint density at radius 2 is 1.62 bits per heavy atom. The molecule has 0 fully saturated rings. The third-order valence-corrected chi connectivity index (χ3v) is 4.60. The SMILES string of the molecule is O=C(Cn1c(=O)c2cccn2c2ccccc21)NCc1ccc(Cl)cc1. The molecule has 0 saturated carbocycles. The summed E-state index contributed by atoms with van der Waals surface area (Å²) < 4.78 is 3.36. The van der Waals surface area contributed by atoms with Crippen LogP contribution in [-0.4, -0.2) is 14.9 Å². The molecule has 6 heteroatoms. The van der Waals surface area contributed by atoms with Crippen LogP contribution in [-0.2, 0) is 17.9 Å². The van der Waals surface area contributed by atoms with Gasteiger partial charge in [-0.1, -0.05) is 35.9 Å². The zero-order chi connectivity index (χ0) is 18.1. The molecule has 2 aromatic carbocycles. The zero-order valence-electron chi connectivity index (χ0n) is 13.9. The Labute approximate surface area is 154 Å². The molecule has 26 heavy (non-hydrogen) atoms. The molecule has 0 radical (unpaired) electrons. The molecule has 4 rings (SSSR count). The summed E-state index contributed by atoms with van der Waals surface area (Å²) in [6, 6.07) is 18.4. The van der Waals surface area contributed by atoms with Gasteiger partial charge in [0.2, 0.25) is 5.91 Å². The van der Waals surface area contributed by atoms with Crippen molar-refractivity contribution < 1.29 is 4.79 Å². The fourth-order valence-electron chi connectivity index (χ4n) is 3.07. The standard InChI is InChI=1S/C20H16ClN3O2/c21-15-9-7-14(8-10-15)12-22-19(25)13-24-17-5-2-1-4-16(17)23-11-3-6-18(23)20(24)26/h1-11H,12-13H2,(H,22,25). The number of aromatic nitrogens is 2. The van der Waals surface area contributed by atoms with Crippen molar-refractivity contribution in [3.05, 3.63) is 87.8 Å². The summed E-state index contributed by atoms with van der Waals surface area (Å²) in [6.45, 7) is 0.352. The number of para-hydroxylation sites is 2. The highest BCUT2D eigenvalue weighted by atomic mass is 35.5. The number of halogens is 1. The van der Waals surface area contributed by atoms with Crippen LogP contribution in [0.2, 0.25) is 5.02 Å². The fraction of sp³-hybridized carbons (Fsp3) is 0.100.